The van der Waals surface area contributed by atoms with Crippen LogP contribution in [0.15, 0.2) is 12.1 Å². The molecule has 3 rings (SSSR count). The molecule has 96 valence electrons. The average molecular weight is 253 g/mol. The van der Waals surface area contributed by atoms with E-state index in [-0.39, 0.29) is 25.6 Å². The Bertz CT molecular complexity index is 473. The van der Waals surface area contributed by atoms with Crippen LogP contribution in [0, 0.1) is 5.82 Å². The first-order chi connectivity index (χ1) is 8.74. The Morgan fingerprint density at radius 1 is 1.44 bits per heavy atom. The smallest absolute Gasteiger partial charge is 0.491 e. The van der Waals surface area contributed by atoms with Gasteiger partial charge in [-0.2, -0.15) is 0 Å². The fourth-order valence-electron chi connectivity index (χ4n) is 2.34. The summed E-state index contributed by atoms with van der Waals surface area (Å²) < 4.78 is 30.5. The van der Waals surface area contributed by atoms with Gasteiger partial charge in [0.25, 0.3) is 0 Å². The molecule has 1 aromatic carbocycles. The van der Waals surface area contributed by atoms with E-state index in [0.29, 0.717) is 16.8 Å². The van der Waals surface area contributed by atoms with Crippen LogP contribution < -0.4 is 15.9 Å². The van der Waals surface area contributed by atoms with E-state index in [9.17, 15) is 4.39 Å². The molecule has 5 nitrogen and oxygen atoms in total. The highest BCUT2D eigenvalue weighted by atomic mass is 19.1. The van der Waals surface area contributed by atoms with Crippen LogP contribution in [0.3, 0.4) is 0 Å². The van der Waals surface area contributed by atoms with Crippen molar-refractivity contribution in [2.45, 2.75) is 12.2 Å². The maximum Gasteiger partial charge on any atom is 0.499 e. The van der Waals surface area contributed by atoms with Crippen LogP contribution in [0.2, 0.25) is 0 Å². The minimum absolute atomic E-state index is 0.164. The van der Waals surface area contributed by atoms with E-state index in [4.69, 9.17) is 24.9 Å². The molecule has 2 heterocycles. The Kier molecular flexibility index (Phi) is 2.99. The Morgan fingerprint density at radius 3 is 3.00 bits per heavy atom. The molecule has 0 amide bonds. The Balaban J connectivity index is 2.08. The van der Waals surface area contributed by atoms with E-state index in [2.05, 4.69) is 0 Å². The van der Waals surface area contributed by atoms with Crippen LogP contribution in [-0.2, 0) is 9.31 Å². The van der Waals surface area contributed by atoms with Gasteiger partial charge >= 0.3 is 7.12 Å². The van der Waals surface area contributed by atoms with Crippen LogP contribution in [-0.4, -0.2) is 38.1 Å². The topological polar surface area (TPSA) is 73.9 Å². The van der Waals surface area contributed by atoms with Crippen molar-refractivity contribution >= 4 is 12.6 Å². The third kappa shape index (κ3) is 1.71. The number of benzene rings is 1. The molecule has 0 fully saturated rings. The summed E-state index contributed by atoms with van der Waals surface area (Å²) in [7, 11) is -0.723. The lowest BCUT2D eigenvalue weighted by atomic mass is 9.77. The van der Waals surface area contributed by atoms with Gasteiger partial charge in [0, 0.05) is 17.6 Å². The molecule has 1 aromatic rings. The minimum atomic E-state index is -0.723. The fourth-order valence-corrected chi connectivity index (χ4v) is 2.34. The first-order valence-corrected chi connectivity index (χ1v) is 5.81. The van der Waals surface area contributed by atoms with Gasteiger partial charge in [-0.25, -0.2) is 4.39 Å². The lowest BCUT2D eigenvalue weighted by Gasteiger charge is -2.16. The van der Waals surface area contributed by atoms with E-state index < -0.39 is 19.3 Å². The highest BCUT2D eigenvalue weighted by Gasteiger charge is 2.44. The van der Waals surface area contributed by atoms with Crippen molar-refractivity contribution in [3.63, 3.8) is 0 Å². The predicted octanol–water partition coefficient (Wildman–Crippen LogP) is -0.679. The molecule has 0 unspecified atom stereocenters. The Morgan fingerprint density at radius 2 is 2.28 bits per heavy atom. The zero-order chi connectivity index (χ0) is 12.7. The second-order valence-electron chi connectivity index (χ2n) is 4.32. The number of aliphatic hydroxyl groups excluding tert-OH is 1. The van der Waals surface area contributed by atoms with Gasteiger partial charge in [-0.1, -0.05) is 0 Å². The maximum atomic E-state index is 13.9. The Labute approximate surface area is 104 Å². The highest BCUT2D eigenvalue weighted by Crippen LogP contribution is 2.32. The van der Waals surface area contributed by atoms with E-state index in [1.807, 2.05) is 0 Å². The second kappa shape index (κ2) is 4.51. The van der Waals surface area contributed by atoms with Crippen LogP contribution in [0.5, 0.6) is 5.75 Å². The van der Waals surface area contributed by atoms with Gasteiger partial charge in [-0.05, 0) is 12.1 Å². The molecule has 2 aliphatic heterocycles. The SMILES string of the molecule is NC[C@H]1OB2O[C@H](CO)COc3ccc(F)c1c32. The first kappa shape index (κ1) is 11.9. The molecule has 0 saturated heterocycles. The fraction of sp³-hybridized carbons (Fsp3) is 0.455. The number of rotatable bonds is 2. The summed E-state index contributed by atoms with van der Waals surface area (Å²) >= 11 is 0. The second-order valence-corrected chi connectivity index (χ2v) is 4.32. The van der Waals surface area contributed by atoms with Crippen molar-refractivity contribution in [1.29, 1.82) is 0 Å². The van der Waals surface area contributed by atoms with Gasteiger partial charge in [0.05, 0.1) is 12.7 Å². The van der Waals surface area contributed by atoms with Crippen LogP contribution >= 0.6 is 0 Å². The summed E-state index contributed by atoms with van der Waals surface area (Å²) in [5, 5.41) is 9.14. The van der Waals surface area contributed by atoms with Crippen molar-refractivity contribution in [3.05, 3.63) is 23.5 Å². The zero-order valence-electron chi connectivity index (χ0n) is 9.64. The summed E-state index contributed by atoms with van der Waals surface area (Å²) in [5.74, 6) is 0.157. The van der Waals surface area contributed by atoms with Crippen LogP contribution in [0.1, 0.15) is 11.7 Å². The van der Waals surface area contributed by atoms with E-state index in [1.54, 1.807) is 6.07 Å². The number of ether oxygens (including phenoxy) is 1. The number of hydrogen-bond donors (Lipinski definition) is 2. The molecule has 2 aliphatic rings. The third-order valence-electron chi connectivity index (χ3n) is 3.20. The first-order valence-electron chi connectivity index (χ1n) is 5.81. The highest BCUT2D eigenvalue weighted by molar-refractivity contribution is 6.64. The molecule has 0 aromatic heterocycles. The molecule has 0 aliphatic carbocycles. The molecule has 0 bridgehead atoms. The predicted molar refractivity (Wildman–Crippen MR) is 62.1 cm³/mol. The van der Waals surface area contributed by atoms with E-state index in [1.165, 1.54) is 6.07 Å². The monoisotopic (exact) mass is 253 g/mol. The lowest BCUT2D eigenvalue weighted by molar-refractivity contribution is 0.0494. The summed E-state index contributed by atoms with van der Waals surface area (Å²) in [6.45, 7) is 0.192. The van der Waals surface area contributed by atoms with Gasteiger partial charge in [-0.3, -0.25) is 0 Å². The number of hydrogen-bond acceptors (Lipinski definition) is 5. The number of nitrogens with two attached hydrogens (primary N) is 1. The van der Waals surface area contributed by atoms with Crippen LogP contribution in [0.4, 0.5) is 4.39 Å². The largest absolute Gasteiger partial charge is 0.499 e. The van der Waals surface area contributed by atoms with Gasteiger partial charge in [-0.15, -0.1) is 0 Å². The third-order valence-corrected chi connectivity index (χ3v) is 3.20. The van der Waals surface area contributed by atoms with Crippen molar-refractivity contribution in [2.75, 3.05) is 19.8 Å². The molecular weight excluding hydrogens is 240 g/mol. The van der Waals surface area contributed by atoms with E-state index in [0.717, 1.165) is 0 Å². The van der Waals surface area contributed by atoms with Gasteiger partial charge in [0.15, 0.2) is 0 Å². The Hall–Kier alpha value is -1.15. The standard InChI is InChI=1S/C11H13BFNO4/c13-7-1-2-8-11-10(7)9(3-14)18-12(11)17-6(4-15)5-16-8/h1-2,6,9,15H,3-5,14H2/t6-,9-/m1/s1. The van der Waals surface area contributed by atoms with Crippen molar-refractivity contribution in [3.8, 4) is 5.75 Å². The molecule has 0 spiro atoms. The molecular formula is C11H13BFNO4. The molecule has 18 heavy (non-hydrogen) atoms. The number of aliphatic hydroxyl groups is 1. The minimum Gasteiger partial charge on any atom is -0.491 e. The molecule has 0 radical (unpaired) electrons. The van der Waals surface area contributed by atoms with Gasteiger partial charge in [0.1, 0.15) is 24.3 Å². The van der Waals surface area contributed by atoms with Crippen molar-refractivity contribution in [1.82, 2.24) is 0 Å². The molecule has 7 heteroatoms. The molecule has 2 atom stereocenters. The zero-order valence-corrected chi connectivity index (χ0v) is 9.64. The summed E-state index contributed by atoms with van der Waals surface area (Å²) in [4.78, 5) is 0. The van der Waals surface area contributed by atoms with E-state index >= 15 is 0 Å². The number of halogens is 1. The lowest BCUT2D eigenvalue weighted by Crippen LogP contribution is -2.36. The molecule has 0 saturated carbocycles. The summed E-state index contributed by atoms with van der Waals surface area (Å²) in [6.07, 6.45) is -1.03. The van der Waals surface area contributed by atoms with Gasteiger partial charge < -0.3 is 24.9 Å². The quantitative estimate of drug-likeness (QED) is 0.683. The van der Waals surface area contributed by atoms with Crippen LogP contribution in [0.25, 0.3) is 0 Å². The van der Waals surface area contributed by atoms with Crippen molar-refractivity contribution in [2.24, 2.45) is 5.73 Å². The average Bonchev–Trinajstić information content (AvgIpc) is 2.66. The summed E-state index contributed by atoms with van der Waals surface area (Å²) in [6, 6.07) is 2.88. The normalized spacial score (nSPS) is 25.6. The molecule has 3 N–H and O–H groups in total. The maximum absolute atomic E-state index is 13.9. The van der Waals surface area contributed by atoms with Crippen molar-refractivity contribution < 1.29 is 23.5 Å². The van der Waals surface area contributed by atoms with Gasteiger partial charge in [0.2, 0.25) is 0 Å². The summed E-state index contributed by atoms with van der Waals surface area (Å²) in [5.41, 5.74) is 6.53.